The van der Waals surface area contributed by atoms with E-state index in [1.807, 2.05) is 146 Å². The molecular formula is C56H53IrN10. The van der Waals surface area contributed by atoms with Crippen molar-refractivity contribution in [2.75, 3.05) is 0 Å². The molecule has 0 fully saturated rings. The number of aromatic nitrogens is 10. The molecule has 0 saturated heterocycles. The molecule has 11 heteroatoms. The van der Waals surface area contributed by atoms with Gasteiger partial charge in [0, 0.05) is 48.9 Å². The van der Waals surface area contributed by atoms with Gasteiger partial charge in [0.1, 0.15) is 0 Å². The van der Waals surface area contributed by atoms with Crippen LogP contribution in [0.1, 0.15) is 76.3 Å². The van der Waals surface area contributed by atoms with Crippen LogP contribution in [0.25, 0.3) is 68.5 Å². The van der Waals surface area contributed by atoms with Crippen LogP contribution in [0, 0.1) is 18.2 Å². The fourth-order valence-corrected chi connectivity index (χ4v) is 6.80. The Kier molecular flexibility index (Phi) is 20.2. The van der Waals surface area contributed by atoms with Crippen LogP contribution in [0.2, 0.25) is 0 Å². The summed E-state index contributed by atoms with van der Waals surface area (Å²) in [6.45, 7) is 4.44. The van der Waals surface area contributed by atoms with Crippen molar-refractivity contribution in [3.63, 3.8) is 0 Å². The van der Waals surface area contributed by atoms with E-state index >= 15 is 0 Å². The van der Waals surface area contributed by atoms with Crippen molar-refractivity contribution in [3.8, 4) is 68.5 Å². The molecule has 0 spiro atoms. The minimum absolute atomic E-state index is 0. The van der Waals surface area contributed by atoms with Crippen molar-refractivity contribution < 1.29 is 20.1 Å². The Labute approximate surface area is 408 Å². The first-order valence-corrected chi connectivity index (χ1v) is 22.7. The first kappa shape index (κ1) is 49.4. The van der Waals surface area contributed by atoms with E-state index in [0.717, 1.165) is 76.1 Å². The normalized spacial score (nSPS) is 10.4. The topological polar surface area (TPSA) is 129 Å². The predicted octanol–water partition coefficient (Wildman–Crippen LogP) is 12.7. The summed E-state index contributed by atoms with van der Waals surface area (Å²) in [6.07, 6.45) is 24.4. The number of hydrogen-bond donors (Lipinski definition) is 0. The zero-order valence-corrected chi connectivity index (χ0v) is 40.4. The van der Waals surface area contributed by atoms with Gasteiger partial charge in [-0.15, -0.1) is 108 Å². The SMILES string of the molecule is CCCCCCc1cnc(-c2nc(-c3ccc(-c4[c-]cccc4)nc3)nc(-c3ncc(CCCCCC)cn3)n2)nc1.[Ir+3].[c-]1ccccc1-c1ccccn1.[c-]1ccccc1-c1ccccn1. The van der Waals surface area contributed by atoms with Crippen molar-refractivity contribution >= 4 is 0 Å². The number of rotatable bonds is 16. The summed E-state index contributed by atoms with van der Waals surface area (Å²) in [4.78, 5) is 45.7. The molecule has 0 bridgehead atoms. The number of hydrogen-bond acceptors (Lipinski definition) is 10. The van der Waals surface area contributed by atoms with E-state index in [4.69, 9.17) is 15.0 Å². The van der Waals surface area contributed by atoms with Crippen molar-refractivity contribution in [3.05, 3.63) is 194 Å². The van der Waals surface area contributed by atoms with Gasteiger partial charge >= 0.3 is 20.1 Å². The predicted molar refractivity (Wildman–Crippen MR) is 262 cm³/mol. The molecule has 0 saturated carbocycles. The summed E-state index contributed by atoms with van der Waals surface area (Å²) < 4.78 is 0. The second-order valence-corrected chi connectivity index (χ2v) is 15.4. The zero-order valence-electron chi connectivity index (χ0n) is 38.0. The Balaban J connectivity index is 0.000000238. The molecular weight excluding hydrogens is 1000 g/mol. The number of nitrogens with zero attached hydrogens (tertiary/aromatic N) is 10. The molecule has 9 rings (SSSR count). The van der Waals surface area contributed by atoms with Gasteiger partial charge in [0.25, 0.3) is 0 Å². The smallest absolute Gasteiger partial charge is 0.305 e. The van der Waals surface area contributed by atoms with Gasteiger partial charge in [0.15, 0.2) is 17.5 Å². The third kappa shape index (κ3) is 15.5. The van der Waals surface area contributed by atoms with Gasteiger partial charge in [0.2, 0.25) is 11.6 Å². The summed E-state index contributed by atoms with van der Waals surface area (Å²) in [5, 5.41) is 0. The van der Waals surface area contributed by atoms with Crippen LogP contribution in [-0.2, 0) is 32.9 Å². The Bertz CT molecular complexity index is 2510. The molecule has 0 aliphatic heterocycles. The van der Waals surface area contributed by atoms with Crippen molar-refractivity contribution in [2.45, 2.75) is 78.1 Å². The molecule has 0 atom stereocenters. The summed E-state index contributed by atoms with van der Waals surface area (Å²) >= 11 is 0. The molecule has 0 aliphatic rings. The van der Waals surface area contributed by atoms with Crippen LogP contribution in [0.5, 0.6) is 0 Å². The molecule has 0 unspecified atom stereocenters. The van der Waals surface area contributed by atoms with E-state index in [1.165, 1.54) is 38.5 Å². The Morgan fingerprint density at radius 2 is 0.776 bits per heavy atom. The second-order valence-electron chi connectivity index (χ2n) is 15.4. The van der Waals surface area contributed by atoms with Crippen LogP contribution in [-0.4, -0.2) is 49.8 Å². The minimum Gasteiger partial charge on any atom is -0.305 e. The van der Waals surface area contributed by atoms with Gasteiger partial charge in [-0.25, -0.2) is 34.9 Å². The number of unbranched alkanes of at least 4 members (excludes halogenated alkanes) is 6. The van der Waals surface area contributed by atoms with Crippen LogP contribution in [0.3, 0.4) is 0 Å². The minimum atomic E-state index is 0. The first-order valence-electron chi connectivity index (χ1n) is 22.7. The van der Waals surface area contributed by atoms with Crippen LogP contribution >= 0.6 is 0 Å². The molecule has 9 aromatic rings. The van der Waals surface area contributed by atoms with Crippen molar-refractivity contribution in [1.82, 2.24) is 49.8 Å². The standard InChI is InChI=1S/C34H37N8.2C11H8N.Ir/c1-3-5-7-10-14-25-20-36-31(37-21-25)33-40-30(28-18-19-29(35-24-28)27-16-12-9-13-17-27)41-34(42-33)32-38-22-26(23-39-32)15-11-8-6-4-2;2*1-2-6-10(7-3-1)11-8-4-5-9-12-11;/h9,12-13,16,18-24H,3-8,10-11,14-15H2,1-2H3;2*1-6,8-9H;/q3*-1;+3. The molecule has 336 valence electrons. The maximum atomic E-state index is 4.74. The monoisotopic (exact) mass is 1060 g/mol. The van der Waals surface area contributed by atoms with E-state index < -0.39 is 0 Å². The molecule has 67 heavy (non-hydrogen) atoms. The van der Waals surface area contributed by atoms with Crippen LogP contribution in [0.4, 0.5) is 0 Å². The maximum Gasteiger partial charge on any atom is 3.00 e. The van der Waals surface area contributed by atoms with Gasteiger partial charge in [-0.1, -0.05) is 88.8 Å². The summed E-state index contributed by atoms with van der Waals surface area (Å²) in [5.41, 5.74) is 8.74. The van der Waals surface area contributed by atoms with E-state index in [9.17, 15) is 0 Å². The quantitative estimate of drug-likeness (QED) is 0.0681. The van der Waals surface area contributed by atoms with E-state index in [2.05, 4.69) is 66.9 Å². The van der Waals surface area contributed by atoms with Gasteiger partial charge in [-0.3, -0.25) is 0 Å². The number of aryl methyl sites for hydroxylation is 2. The average molecular weight is 1060 g/mol. The zero-order chi connectivity index (χ0) is 45.4. The molecule has 0 N–H and O–H groups in total. The molecule has 0 radical (unpaired) electrons. The molecule has 6 heterocycles. The van der Waals surface area contributed by atoms with E-state index in [1.54, 1.807) is 18.6 Å². The first-order chi connectivity index (χ1) is 32.7. The molecule has 0 aliphatic carbocycles. The van der Waals surface area contributed by atoms with Crippen LogP contribution in [0.15, 0.2) is 165 Å². The summed E-state index contributed by atoms with van der Waals surface area (Å²) in [5.74, 6) is 2.09. The van der Waals surface area contributed by atoms with E-state index in [0.29, 0.717) is 29.1 Å². The average Bonchev–Trinajstić information content (AvgIpc) is 3.41. The number of benzene rings is 3. The molecule has 3 aromatic carbocycles. The molecule has 6 aromatic heterocycles. The maximum absolute atomic E-state index is 4.74. The van der Waals surface area contributed by atoms with Crippen LogP contribution < -0.4 is 0 Å². The van der Waals surface area contributed by atoms with Crippen molar-refractivity contribution in [2.24, 2.45) is 0 Å². The van der Waals surface area contributed by atoms with Crippen molar-refractivity contribution in [1.29, 1.82) is 0 Å². The largest absolute Gasteiger partial charge is 3.00 e. The molecule has 10 nitrogen and oxygen atoms in total. The molecule has 0 amide bonds. The summed E-state index contributed by atoms with van der Waals surface area (Å²) in [6, 6.07) is 48.5. The third-order valence-electron chi connectivity index (χ3n) is 10.4. The summed E-state index contributed by atoms with van der Waals surface area (Å²) in [7, 11) is 0. The number of pyridine rings is 3. The Morgan fingerprint density at radius 3 is 1.13 bits per heavy atom. The third-order valence-corrected chi connectivity index (χ3v) is 10.4. The fourth-order valence-electron chi connectivity index (χ4n) is 6.80. The second kappa shape index (κ2) is 27.4. The van der Waals surface area contributed by atoms with Gasteiger partial charge < -0.3 is 15.0 Å². The van der Waals surface area contributed by atoms with Gasteiger partial charge in [0.05, 0.1) is 0 Å². The Hall–Kier alpha value is -7.07. The fraction of sp³-hybridized carbons (Fsp3) is 0.214. The van der Waals surface area contributed by atoms with Gasteiger partial charge in [-0.05, 0) is 66.0 Å². The van der Waals surface area contributed by atoms with E-state index in [-0.39, 0.29) is 20.1 Å². The Morgan fingerprint density at radius 1 is 0.358 bits per heavy atom. The van der Waals surface area contributed by atoms with Gasteiger partial charge in [-0.2, -0.15) is 0 Å².